The summed E-state index contributed by atoms with van der Waals surface area (Å²) in [7, 11) is 1.58. The number of nitrogens with zero attached hydrogens (tertiary/aromatic N) is 2. The van der Waals surface area contributed by atoms with E-state index in [0.29, 0.717) is 5.76 Å². The molecule has 0 saturated heterocycles. The molecule has 94 valence electrons. The van der Waals surface area contributed by atoms with Crippen LogP contribution in [-0.4, -0.2) is 7.11 Å². The van der Waals surface area contributed by atoms with Crippen molar-refractivity contribution in [2.75, 3.05) is 7.11 Å². The summed E-state index contributed by atoms with van der Waals surface area (Å²) in [4.78, 5) is 0. The Kier molecular flexibility index (Phi) is 3.40. The van der Waals surface area contributed by atoms with E-state index in [4.69, 9.17) is 4.74 Å². The van der Waals surface area contributed by atoms with Gasteiger partial charge in [-0.25, -0.2) is 0 Å². The minimum Gasteiger partial charge on any atom is -0.497 e. The zero-order valence-electron chi connectivity index (χ0n) is 10.9. The van der Waals surface area contributed by atoms with Crippen molar-refractivity contribution < 1.29 is 4.74 Å². The molecule has 2 rings (SSSR count). The average Bonchev–Trinajstić information content (AvgIpc) is 2.66. The topological polar surface area (TPSA) is 56.8 Å². The predicted molar refractivity (Wildman–Crippen MR) is 72.6 cm³/mol. The Morgan fingerprint density at radius 2 is 1.84 bits per heavy atom. The lowest BCUT2D eigenvalue weighted by atomic mass is 9.74. The summed E-state index contributed by atoms with van der Waals surface area (Å²) in [6.45, 7) is 1.66. The number of ether oxygens (including phenoxy) is 1. The Morgan fingerprint density at radius 1 is 1.16 bits per heavy atom. The molecule has 1 unspecified atom stereocenters. The molecule has 0 amide bonds. The summed E-state index contributed by atoms with van der Waals surface area (Å²) >= 11 is 0. The zero-order valence-corrected chi connectivity index (χ0v) is 10.9. The van der Waals surface area contributed by atoms with Gasteiger partial charge in [-0.3, -0.25) is 0 Å². The number of benzene rings is 1. The third-order valence-electron chi connectivity index (χ3n) is 3.41. The van der Waals surface area contributed by atoms with E-state index >= 15 is 0 Å². The maximum absolute atomic E-state index is 9.35. The fourth-order valence-corrected chi connectivity index (χ4v) is 2.21. The van der Waals surface area contributed by atoms with Gasteiger partial charge in [0.15, 0.2) is 5.41 Å². The summed E-state index contributed by atoms with van der Waals surface area (Å²) < 4.78 is 5.27. The highest BCUT2D eigenvalue weighted by atomic mass is 16.5. The van der Waals surface area contributed by atoms with Crippen molar-refractivity contribution in [3.8, 4) is 12.1 Å². The molecule has 0 aromatic heterocycles. The van der Waals surface area contributed by atoms with Crippen molar-refractivity contribution in [2.45, 2.75) is 12.8 Å². The molecular formula is C16H14N2O. The summed E-state index contributed by atoms with van der Waals surface area (Å²) in [6.07, 6.45) is 5.64. The van der Waals surface area contributed by atoms with Gasteiger partial charge in [0.25, 0.3) is 0 Å². The lowest BCUT2D eigenvalue weighted by molar-refractivity contribution is 0.302. The molecule has 1 aromatic carbocycles. The standard InChI is InChI=1S/C16H14N2O/c1-16(10-17,11-18)15-9-13(19-2)8-7-12-5-3-4-6-14(12)15/h3-9,15H,1-2H3. The Hall–Kier alpha value is -2.52. The molecule has 3 nitrogen and oxygen atoms in total. The van der Waals surface area contributed by atoms with E-state index in [1.165, 1.54) is 0 Å². The van der Waals surface area contributed by atoms with Crippen LogP contribution in [0, 0.1) is 28.1 Å². The van der Waals surface area contributed by atoms with Crippen LogP contribution < -0.4 is 0 Å². The second-order valence-electron chi connectivity index (χ2n) is 4.64. The lowest BCUT2D eigenvalue weighted by Gasteiger charge is -2.24. The molecule has 0 bridgehead atoms. The highest BCUT2D eigenvalue weighted by molar-refractivity contribution is 5.61. The zero-order chi connectivity index (χ0) is 13.9. The van der Waals surface area contributed by atoms with E-state index in [1.54, 1.807) is 14.0 Å². The van der Waals surface area contributed by atoms with Gasteiger partial charge in [-0.15, -0.1) is 0 Å². The molecule has 1 atom stereocenters. The van der Waals surface area contributed by atoms with Crippen LogP contribution in [-0.2, 0) is 4.74 Å². The van der Waals surface area contributed by atoms with E-state index in [1.807, 2.05) is 42.5 Å². The van der Waals surface area contributed by atoms with Gasteiger partial charge in [0, 0.05) is 5.92 Å². The van der Waals surface area contributed by atoms with Crippen molar-refractivity contribution >= 4 is 6.08 Å². The van der Waals surface area contributed by atoms with Gasteiger partial charge in [-0.1, -0.05) is 30.3 Å². The first kappa shape index (κ1) is 12.9. The molecule has 0 spiro atoms. The fraction of sp³-hybridized carbons (Fsp3) is 0.250. The molecule has 1 aromatic rings. The van der Waals surface area contributed by atoms with Crippen LogP contribution in [0.1, 0.15) is 24.0 Å². The van der Waals surface area contributed by atoms with Gasteiger partial charge >= 0.3 is 0 Å². The summed E-state index contributed by atoms with van der Waals surface area (Å²) in [5, 5.41) is 18.7. The highest BCUT2D eigenvalue weighted by Crippen LogP contribution is 2.40. The first-order valence-electron chi connectivity index (χ1n) is 6.00. The number of rotatable bonds is 2. The third-order valence-corrected chi connectivity index (χ3v) is 3.41. The van der Waals surface area contributed by atoms with E-state index in [2.05, 4.69) is 12.1 Å². The van der Waals surface area contributed by atoms with Crippen molar-refractivity contribution in [3.63, 3.8) is 0 Å². The molecular weight excluding hydrogens is 236 g/mol. The van der Waals surface area contributed by atoms with Crippen LogP contribution in [0.4, 0.5) is 0 Å². The maximum Gasteiger partial charge on any atom is 0.151 e. The van der Waals surface area contributed by atoms with E-state index < -0.39 is 5.41 Å². The first-order chi connectivity index (χ1) is 9.14. The molecule has 3 heteroatoms. The molecule has 0 saturated carbocycles. The van der Waals surface area contributed by atoms with Gasteiger partial charge in [0.1, 0.15) is 5.76 Å². The maximum atomic E-state index is 9.35. The van der Waals surface area contributed by atoms with Crippen LogP contribution in [0.5, 0.6) is 0 Å². The quantitative estimate of drug-likeness (QED) is 0.808. The smallest absolute Gasteiger partial charge is 0.151 e. The molecule has 0 radical (unpaired) electrons. The number of allylic oxidation sites excluding steroid dienone is 2. The summed E-state index contributed by atoms with van der Waals surface area (Å²) in [6, 6.07) is 12.0. The Labute approximate surface area is 113 Å². The van der Waals surface area contributed by atoms with Gasteiger partial charge < -0.3 is 4.74 Å². The Morgan fingerprint density at radius 3 is 2.47 bits per heavy atom. The van der Waals surface area contributed by atoms with Gasteiger partial charge in [0.2, 0.25) is 0 Å². The monoisotopic (exact) mass is 250 g/mol. The van der Waals surface area contributed by atoms with Crippen molar-refractivity contribution in [3.05, 3.63) is 53.3 Å². The lowest BCUT2D eigenvalue weighted by Crippen LogP contribution is -2.21. The van der Waals surface area contributed by atoms with E-state index in [-0.39, 0.29) is 5.92 Å². The minimum absolute atomic E-state index is 0.316. The second-order valence-corrected chi connectivity index (χ2v) is 4.64. The average molecular weight is 250 g/mol. The van der Waals surface area contributed by atoms with Gasteiger partial charge in [0.05, 0.1) is 19.2 Å². The number of hydrogen-bond acceptors (Lipinski definition) is 3. The molecule has 0 fully saturated rings. The normalized spacial score (nSPS) is 17.5. The van der Waals surface area contributed by atoms with Crippen molar-refractivity contribution in [1.82, 2.24) is 0 Å². The molecule has 1 aliphatic rings. The van der Waals surface area contributed by atoms with Crippen LogP contribution in [0.3, 0.4) is 0 Å². The third kappa shape index (κ3) is 2.23. The van der Waals surface area contributed by atoms with Crippen molar-refractivity contribution in [2.24, 2.45) is 5.41 Å². The first-order valence-corrected chi connectivity index (χ1v) is 6.00. The Bertz CT molecular complexity index is 615. The molecule has 1 aliphatic carbocycles. The number of fused-ring (bicyclic) bond motifs is 1. The minimum atomic E-state index is -1.12. The molecule has 0 aliphatic heterocycles. The number of methoxy groups -OCH3 is 1. The summed E-state index contributed by atoms with van der Waals surface area (Å²) in [5.74, 6) is 0.349. The van der Waals surface area contributed by atoms with E-state index in [9.17, 15) is 10.5 Å². The predicted octanol–water partition coefficient (Wildman–Crippen LogP) is 3.38. The molecule has 19 heavy (non-hydrogen) atoms. The second kappa shape index (κ2) is 5.00. The SMILES string of the molecule is COC1=CC(C(C)(C#N)C#N)c2ccccc2C=C1. The summed E-state index contributed by atoms with van der Waals surface area (Å²) in [5.41, 5.74) is 0.857. The number of hydrogen-bond donors (Lipinski definition) is 0. The van der Waals surface area contributed by atoms with Crippen LogP contribution in [0.25, 0.3) is 6.08 Å². The van der Waals surface area contributed by atoms with Crippen molar-refractivity contribution in [1.29, 1.82) is 10.5 Å². The van der Waals surface area contributed by atoms with Crippen LogP contribution >= 0.6 is 0 Å². The van der Waals surface area contributed by atoms with Gasteiger partial charge in [-0.2, -0.15) is 10.5 Å². The molecule has 0 N–H and O–H groups in total. The number of nitriles is 2. The van der Waals surface area contributed by atoms with Gasteiger partial charge in [-0.05, 0) is 30.2 Å². The van der Waals surface area contributed by atoms with Crippen LogP contribution in [0.2, 0.25) is 0 Å². The Balaban J connectivity index is 2.65. The highest BCUT2D eigenvalue weighted by Gasteiger charge is 2.36. The van der Waals surface area contributed by atoms with Crippen LogP contribution in [0.15, 0.2) is 42.2 Å². The fourth-order valence-electron chi connectivity index (χ4n) is 2.21. The van der Waals surface area contributed by atoms with E-state index in [0.717, 1.165) is 11.1 Å². The molecule has 0 heterocycles. The largest absolute Gasteiger partial charge is 0.497 e.